The fourth-order valence-electron chi connectivity index (χ4n) is 2.72. The lowest BCUT2D eigenvalue weighted by molar-refractivity contribution is 0.236. The minimum Gasteiger partial charge on any atom is -0.329 e. The Morgan fingerprint density at radius 2 is 2.33 bits per heavy atom. The molecule has 1 aliphatic rings. The summed E-state index contributed by atoms with van der Waals surface area (Å²) in [4.78, 5) is 2.32. The van der Waals surface area contributed by atoms with Crippen LogP contribution in [0.2, 0.25) is 0 Å². The molecule has 0 aromatic heterocycles. The average molecular weight is 315 g/mol. The zero-order valence-corrected chi connectivity index (χ0v) is 12.3. The van der Waals surface area contributed by atoms with Crippen molar-refractivity contribution in [3.05, 3.63) is 34.1 Å². The molecule has 2 atom stereocenters. The Hall–Kier alpha value is -0.450. The second kappa shape index (κ2) is 6.13. The number of likely N-dealkylation sites (tertiary alicyclic amines) is 1. The van der Waals surface area contributed by atoms with E-state index in [9.17, 15) is 4.39 Å². The molecule has 0 saturated carbocycles. The predicted octanol–water partition coefficient (Wildman–Crippen LogP) is 3.32. The lowest BCUT2D eigenvalue weighted by Crippen LogP contribution is -2.32. The molecule has 0 amide bonds. The third kappa shape index (κ3) is 2.92. The van der Waals surface area contributed by atoms with Crippen LogP contribution in [0.3, 0.4) is 0 Å². The molecule has 100 valence electrons. The van der Waals surface area contributed by atoms with Crippen molar-refractivity contribution in [1.82, 2.24) is 4.90 Å². The third-order valence-electron chi connectivity index (χ3n) is 3.88. The Morgan fingerprint density at radius 1 is 1.56 bits per heavy atom. The monoisotopic (exact) mass is 314 g/mol. The van der Waals surface area contributed by atoms with Gasteiger partial charge in [-0.25, -0.2) is 4.39 Å². The highest BCUT2D eigenvalue weighted by atomic mass is 79.9. The predicted molar refractivity (Wildman–Crippen MR) is 75.9 cm³/mol. The number of nitrogens with two attached hydrogens (primary N) is 1. The molecular formula is C14H20BrFN2. The van der Waals surface area contributed by atoms with E-state index in [0.29, 0.717) is 12.1 Å². The first-order valence-electron chi connectivity index (χ1n) is 6.54. The summed E-state index contributed by atoms with van der Waals surface area (Å²) in [5, 5.41) is 0. The Bertz CT molecular complexity index is 411. The molecule has 18 heavy (non-hydrogen) atoms. The summed E-state index contributed by atoms with van der Waals surface area (Å²) in [6.07, 6.45) is 2.39. The van der Waals surface area contributed by atoms with Gasteiger partial charge < -0.3 is 5.73 Å². The molecule has 2 nitrogen and oxygen atoms in total. The quantitative estimate of drug-likeness (QED) is 0.923. The third-order valence-corrected chi connectivity index (χ3v) is 4.37. The van der Waals surface area contributed by atoms with Crippen molar-refractivity contribution >= 4 is 15.9 Å². The van der Waals surface area contributed by atoms with Crippen molar-refractivity contribution in [1.29, 1.82) is 0 Å². The van der Waals surface area contributed by atoms with Gasteiger partial charge in [-0.3, -0.25) is 4.90 Å². The Balaban J connectivity index is 2.20. The maximum absolute atomic E-state index is 13.9. The molecule has 0 radical (unpaired) electrons. The van der Waals surface area contributed by atoms with Crippen molar-refractivity contribution in [2.45, 2.75) is 25.8 Å². The van der Waals surface area contributed by atoms with Gasteiger partial charge in [0.05, 0.1) is 0 Å². The highest BCUT2D eigenvalue weighted by Gasteiger charge is 2.28. The lowest BCUT2D eigenvalue weighted by Gasteiger charge is -2.27. The van der Waals surface area contributed by atoms with Gasteiger partial charge in [0.15, 0.2) is 0 Å². The van der Waals surface area contributed by atoms with Crippen LogP contribution in [0.5, 0.6) is 0 Å². The van der Waals surface area contributed by atoms with Gasteiger partial charge >= 0.3 is 0 Å². The number of hydrogen-bond acceptors (Lipinski definition) is 2. The summed E-state index contributed by atoms with van der Waals surface area (Å²) in [7, 11) is 0. The van der Waals surface area contributed by atoms with Crippen molar-refractivity contribution < 1.29 is 4.39 Å². The first-order valence-corrected chi connectivity index (χ1v) is 7.34. The second-order valence-electron chi connectivity index (χ2n) is 4.98. The zero-order chi connectivity index (χ0) is 13.1. The van der Waals surface area contributed by atoms with Crippen molar-refractivity contribution in [3.63, 3.8) is 0 Å². The van der Waals surface area contributed by atoms with Crippen molar-refractivity contribution in [2.75, 3.05) is 19.6 Å². The topological polar surface area (TPSA) is 29.3 Å². The number of halogens is 2. The average Bonchev–Trinajstić information content (AvgIpc) is 2.83. The molecule has 0 spiro atoms. The summed E-state index contributed by atoms with van der Waals surface area (Å²) >= 11 is 3.40. The second-order valence-corrected chi connectivity index (χ2v) is 5.89. The van der Waals surface area contributed by atoms with Gasteiger partial charge in [-0.15, -0.1) is 0 Å². The highest BCUT2D eigenvalue weighted by molar-refractivity contribution is 9.10. The van der Waals surface area contributed by atoms with E-state index in [1.165, 1.54) is 18.9 Å². The molecule has 2 N–H and O–H groups in total. The van der Waals surface area contributed by atoms with E-state index in [1.54, 1.807) is 6.07 Å². The van der Waals surface area contributed by atoms with Gasteiger partial charge in [-0.05, 0) is 37.1 Å². The standard InChI is InChI=1S/C14H20BrFN2/c1-2-10-5-6-18(9-10)14(8-17)12-7-11(15)3-4-13(12)16/h3-4,7,10,14H,2,5-6,8-9,17H2,1H3. The molecule has 0 bridgehead atoms. The number of benzene rings is 1. The SMILES string of the molecule is CCC1CCN(C(CN)c2cc(Br)ccc2F)C1. The van der Waals surface area contributed by atoms with E-state index in [-0.39, 0.29) is 11.9 Å². The van der Waals surface area contributed by atoms with Crippen LogP contribution in [0.1, 0.15) is 31.4 Å². The maximum atomic E-state index is 13.9. The van der Waals surface area contributed by atoms with E-state index >= 15 is 0 Å². The van der Waals surface area contributed by atoms with E-state index < -0.39 is 0 Å². The van der Waals surface area contributed by atoms with Crippen LogP contribution in [-0.2, 0) is 0 Å². The molecule has 1 saturated heterocycles. The van der Waals surface area contributed by atoms with Crippen LogP contribution in [0.15, 0.2) is 22.7 Å². The molecular weight excluding hydrogens is 295 g/mol. The summed E-state index contributed by atoms with van der Waals surface area (Å²) < 4.78 is 14.8. The molecule has 0 aliphatic carbocycles. The van der Waals surface area contributed by atoms with Crippen molar-refractivity contribution in [3.8, 4) is 0 Å². The number of nitrogens with zero attached hydrogens (tertiary/aromatic N) is 1. The van der Waals surface area contributed by atoms with Crippen LogP contribution in [0, 0.1) is 11.7 Å². The van der Waals surface area contributed by atoms with Gasteiger partial charge in [0.2, 0.25) is 0 Å². The van der Waals surface area contributed by atoms with Crippen LogP contribution in [0.25, 0.3) is 0 Å². The molecule has 1 aromatic carbocycles. The van der Waals surface area contributed by atoms with E-state index in [0.717, 1.165) is 23.5 Å². The minimum absolute atomic E-state index is 0.000880. The van der Waals surface area contributed by atoms with E-state index in [1.807, 2.05) is 6.07 Å². The summed E-state index contributed by atoms with van der Waals surface area (Å²) in [5.74, 6) is 0.572. The first-order chi connectivity index (χ1) is 8.65. The van der Waals surface area contributed by atoms with E-state index in [2.05, 4.69) is 27.8 Å². The zero-order valence-electron chi connectivity index (χ0n) is 10.7. The number of rotatable bonds is 4. The highest BCUT2D eigenvalue weighted by Crippen LogP contribution is 2.31. The minimum atomic E-state index is -0.159. The largest absolute Gasteiger partial charge is 0.329 e. The molecule has 2 unspecified atom stereocenters. The Morgan fingerprint density at radius 3 is 2.94 bits per heavy atom. The summed E-state index contributed by atoms with van der Waals surface area (Å²) in [5.41, 5.74) is 6.58. The Kier molecular flexibility index (Phi) is 4.76. The van der Waals surface area contributed by atoms with Gasteiger partial charge in [-0.2, -0.15) is 0 Å². The molecule has 2 rings (SSSR count). The maximum Gasteiger partial charge on any atom is 0.128 e. The summed E-state index contributed by atoms with van der Waals surface area (Å²) in [6.45, 7) is 4.73. The van der Waals surface area contributed by atoms with Crippen LogP contribution >= 0.6 is 15.9 Å². The lowest BCUT2D eigenvalue weighted by atomic mass is 10.0. The van der Waals surface area contributed by atoms with Crippen LogP contribution in [-0.4, -0.2) is 24.5 Å². The summed E-state index contributed by atoms with van der Waals surface area (Å²) in [6, 6.07) is 5.09. The number of hydrogen-bond donors (Lipinski definition) is 1. The Labute approximate surface area is 116 Å². The van der Waals surface area contributed by atoms with Crippen LogP contribution in [0.4, 0.5) is 4.39 Å². The normalized spacial score (nSPS) is 22.3. The van der Waals surface area contributed by atoms with E-state index in [4.69, 9.17) is 5.73 Å². The van der Waals surface area contributed by atoms with Gasteiger partial charge in [0, 0.05) is 29.2 Å². The van der Waals surface area contributed by atoms with Crippen molar-refractivity contribution in [2.24, 2.45) is 11.7 Å². The molecule has 1 fully saturated rings. The molecule has 4 heteroatoms. The fourth-order valence-corrected chi connectivity index (χ4v) is 3.10. The smallest absolute Gasteiger partial charge is 0.128 e. The molecule has 1 heterocycles. The van der Waals surface area contributed by atoms with Gasteiger partial charge in [-0.1, -0.05) is 29.3 Å². The first kappa shape index (κ1) is 14.0. The molecule has 1 aliphatic heterocycles. The fraction of sp³-hybridized carbons (Fsp3) is 0.571. The molecule has 1 aromatic rings. The van der Waals surface area contributed by atoms with Gasteiger partial charge in [0.25, 0.3) is 0 Å². The van der Waals surface area contributed by atoms with Crippen LogP contribution < -0.4 is 5.73 Å². The van der Waals surface area contributed by atoms with Gasteiger partial charge in [0.1, 0.15) is 5.82 Å².